The zero-order valence-electron chi connectivity index (χ0n) is 10.7. The molecule has 3 N–H and O–H groups in total. The zero-order chi connectivity index (χ0) is 14.5. The maximum Gasteiger partial charge on any atom is 0.303 e. The number of sulfone groups is 1. The van der Waals surface area contributed by atoms with Gasteiger partial charge in [0, 0.05) is 25.9 Å². The molecule has 1 unspecified atom stereocenters. The number of primary amides is 1. The van der Waals surface area contributed by atoms with E-state index in [-0.39, 0.29) is 30.3 Å². The fourth-order valence-corrected chi connectivity index (χ4v) is 3.41. The van der Waals surface area contributed by atoms with Gasteiger partial charge in [-0.2, -0.15) is 0 Å². The van der Waals surface area contributed by atoms with Crippen molar-refractivity contribution in [3.05, 3.63) is 0 Å². The first kappa shape index (κ1) is 15.9. The molecule has 1 amide bonds. The Bertz CT molecular complexity index is 434. The second kappa shape index (κ2) is 6.85. The zero-order valence-corrected chi connectivity index (χ0v) is 11.6. The highest BCUT2D eigenvalue weighted by Crippen LogP contribution is 2.19. The summed E-state index contributed by atoms with van der Waals surface area (Å²) in [7, 11) is -3.26. The summed E-state index contributed by atoms with van der Waals surface area (Å²) in [6, 6.07) is 0. The van der Waals surface area contributed by atoms with E-state index in [0.29, 0.717) is 13.1 Å². The van der Waals surface area contributed by atoms with Gasteiger partial charge in [-0.05, 0) is 18.9 Å². The molecule has 1 saturated heterocycles. The van der Waals surface area contributed by atoms with E-state index in [1.54, 1.807) is 0 Å². The number of hydrogen-bond donors (Lipinski definition) is 2. The van der Waals surface area contributed by atoms with Crippen molar-refractivity contribution in [2.24, 2.45) is 11.7 Å². The minimum atomic E-state index is -3.26. The number of likely N-dealkylation sites (tertiary alicyclic amines) is 1. The molecule has 1 fully saturated rings. The van der Waals surface area contributed by atoms with Gasteiger partial charge in [0.1, 0.15) is 0 Å². The predicted molar refractivity (Wildman–Crippen MR) is 69.3 cm³/mol. The molecule has 0 aliphatic carbocycles. The van der Waals surface area contributed by atoms with Crippen molar-refractivity contribution in [3.63, 3.8) is 0 Å². The standard InChI is InChI=1S/C11H20N2O5S/c12-10(14)2-5-19(17,18)6-4-13-3-1-9(8-13)7-11(15)16/h9H,1-8H2,(H2,12,14)(H,15,16). The number of aliphatic carboxylic acids is 1. The number of carbonyl (C=O) groups excluding carboxylic acids is 1. The van der Waals surface area contributed by atoms with Crippen molar-refractivity contribution in [1.29, 1.82) is 0 Å². The van der Waals surface area contributed by atoms with Crippen LogP contribution in [0.15, 0.2) is 0 Å². The van der Waals surface area contributed by atoms with Crippen molar-refractivity contribution in [3.8, 4) is 0 Å². The first-order valence-electron chi connectivity index (χ1n) is 6.21. The van der Waals surface area contributed by atoms with Gasteiger partial charge in [0.25, 0.3) is 0 Å². The molecule has 0 spiro atoms. The number of carboxylic acids is 1. The molecule has 1 heterocycles. The third-order valence-electron chi connectivity index (χ3n) is 3.21. The molecule has 0 aromatic heterocycles. The topological polar surface area (TPSA) is 118 Å². The monoisotopic (exact) mass is 292 g/mol. The van der Waals surface area contributed by atoms with E-state index >= 15 is 0 Å². The van der Waals surface area contributed by atoms with Crippen LogP contribution in [0.2, 0.25) is 0 Å². The summed E-state index contributed by atoms with van der Waals surface area (Å²) >= 11 is 0. The van der Waals surface area contributed by atoms with Crippen LogP contribution in [0.1, 0.15) is 19.3 Å². The number of rotatable bonds is 8. The predicted octanol–water partition coefficient (Wildman–Crippen LogP) is -0.927. The molecule has 0 radical (unpaired) electrons. The molecule has 8 heteroatoms. The van der Waals surface area contributed by atoms with Gasteiger partial charge in [-0.3, -0.25) is 9.59 Å². The van der Waals surface area contributed by atoms with E-state index in [1.165, 1.54) is 0 Å². The van der Waals surface area contributed by atoms with Crippen LogP contribution in [0.25, 0.3) is 0 Å². The Morgan fingerprint density at radius 3 is 2.58 bits per heavy atom. The lowest BCUT2D eigenvalue weighted by Crippen LogP contribution is -2.29. The SMILES string of the molecule is NC(=O)CCS(=O)(=O)CCN1CCC(CC(=O)O)C1. The van der Waals surface area contributed by atoms with Crippen molar-refractivity contribution in [2.45, 2.75) is 19.3 Å². The molecule has 110 valence electrons. The molecule has 0 bridgehead atoms. The summed E-state index contributed by atoms with van der Waals surface area (Å²) in [5, 5.41) is 8.68. The summed E-state index contributed by atoms with van der Waals surface area (Å²) in [5.41, 5.74) is 4.91. The van der Waals surface area contributed by atoms with Gasteiger partial charge in [-0.1, -0.05) is 0 Å². The van der Waals surface area contributed by atoms with E-state index in [0.717, 1.165) is 13.0 Å². The van der Waals surface area contributed by atoms with Crippen molar-refractivity contribution in [1.82, 2.24) is 4.90 Å². The number of amides is 1. The number of hydrogen-bond acceptors (Lipinski definition) is 5. The van der Waals surface area contributed by atoms with Gasteiger partial charge in [-0.25, -0.2) is 8.42 Å². The summed E-state index contributed by atoms with van der Waals surface area (Å²) < 4.78 is 23.2. The van der Waals surface area contributed by atoms with Crippen LogP contribution < -0.4 is 5.73 Å². The van der Waals surface area contributed by atoms with E-state index in [9.17, 15) is 18.0 Å². The highest BCUT2D eigenvalue weighted by molar-refractivity contribution is 7.91. The molecular weight excluding hydrogens is 272 g/mol. The molecule has 1 aliphatic heterocycles. The Labute approximate surface area is 112 Å². The van der Waals surface area contributed by atoms with Crippen molar-refractivity contribution >= 4 is 21.7 Å². The maximum absolute atomic E-state index is 11.6. The van der Waals surface area contributed by atoms with Crippen LogP contribution in [0.3, 0.4) is 0 Å². The normalized spacial score (nSPS) is 20.5. The lowest BCUT2D eigenvalue weighted by Gasteiger charge is -2.15. The number of nitrogens with zero attached hydrogens (tertiary/aromatic N) is 1. The van der Waals surface area contributed by atoms with Crippen molar-refractivity contribution < 1.29 is 23.1 Å². The summed E-state index contributed by atoms with van der Waals surface area (Å²) in [5.74, 6) is -1.56. The summed E-state index contributed by atoms with van der Waals surface area (Å²) in [6.45, 7) is 1.73. The Morgan fingerprint density at radius 2 is 2.00 bits per heavy atom. The minimum absolute atomic E-state index is 0.0138. The molecule has 1 atom stereocenters. The second-order valence-electron chi connectivity index (χ2n) is 4.92. The largest absolute Gasteiger partial charge is 0.481 e. The first-order valence-corrected chi connectivity index (χ1v) is 8.03. The molecule has 1 aliphatic rings. The lowest BCUT2D eigenvalue weighted by atomic mass is 10.1. The minimum Gasteiger partial charge on any atom is -0.481 e. The van der Waals surface area contributed by atoms with Crippen LogP contribution >= 0.6 is 0 Å². The smallest absolute Gasteiger partial charge is 0.303 e. The molecule has 0 saturated carbocycles. The van der Waals surface area contributed by atoms with Crippen LogP contribution in [-0.2, 0) is 19.4 Å². The molecular formula is C11H20N2O5S. The summed E-state index contributed by atoms with van der Waals surface area (Å²) in [6.07, 6.45) is 0.766. The van der Waals surface area contributed by atoms with E-state index in [4.69, 9.17) is 10.8 Å². The van der Waals surface area contributed by atoms with Crippen LogP contribution in [0, 0.1) is 5.92 Å². The fourth-order valence-electron chi connectivity index (χ4n) is 2.16. The average molecular weight is 292 g/mol. The third kappa shape index (κ3) is 6.53. The first-order chi connectivity index (χ1) is 8.78. The van der Waals surface area contributed by atoms with Gasteiger partial charge >= 0.3 is 5.97 Å². The Morgan fingerprint density at radius 1 is 1.32 bits per heavy atom. The van der Waals surface area contributed by atoms with E-state index < -0.39 is 21.7 Å². The Kier molecular flexibility index (Phi) is 5.74. The molecule has 0 aromatic carbocycles. The molecule has 7 nitrogen and oxygen atoms in total. The highest BCUT2D eigenvalue weighted by Gasteiger charge is 2.25. The number of carboxylic acid groups (broad SMARTS) is 1. The lowest BCUT2D eigenvalue weighted by molar-refractivity contribution is -0.138. The van der Waals surface area contributed by atoms with E-state index in [2.05, 4.69) is 0 Å². The van der Waals surface area contributed by atoms with Crippen LogP contribution in [0.5, 0.6) is 0 Å². The highest BCUT2D eigenvalue weighted by atomic mass is 32.2. The Balaban J connectivity index is 2.30. The van der Waals surface area contributed by atoms with Gasteiger partial charge in [0.05, 0.1) is 11.5 Å². The van der Waals surface area contributed by atoms with Gasteiger partial charge < -0.3 is 15.7 Å². The fraction of sp³-hybridized carbons (Fsp3) is 0.818. The van der Waals surface area contributed by atoms with Crippen molar-refractivity contribution in [2.75, 3.05) is 31.1 Å². The number of carbonyl (C=O) groups is 2. The Hall–Kier alpha value is -1.15. The average Bonchev–Trinajstić information content (AvgIpc) is 2.71. The second-order valence-corrected chi connectivity index (χ2v) is 7.22. The number of nitrogens with two attached hydrogens (primary N) is 1. The van der Waals surface area contributed by atoms with Gasteiger partial charge in [0.2, 0.25) is 5.91 Å². The molecule has 19 heavy (non-hydrogen) atoms. The van der Waals surface area contributed by atoms with Gasteiger partial charge in [-0.15, -0.1) is 0 Å². The molecule has 1 rings (SSSR count). The molecule has 0 aromatic rings. The van der Waals surface area contributed by atoms with Gasteiger partial charge in [0.15, 0.2) is 9.84 Å². The quantitative estimate of drug-likeness (QED) is 0.597. The van der Waals surface area contributed by atoms with E-state index in [1.807, 2.05) is 4.90 Å². The van der Waals surface area contributed by atoms with Crippen LogP contribution in [0.4, 0.5) is 0 Å². The summed E-state index contributed by atoms with van der Waals surface area (Å²) in [4.78, 5) is 23.1. The van der Waals surface area contributed by atoms with Crippen LogP contribution in [-0.4, -0.2) is 61.4 Å². The maximum atomic E-state index is 11.6. The third-order valence-corrected chi connectivity index (χ3v) is 4.84.